The minimum absolute atomic E-state index is 0.0200. The number of hydrogen-bond donors (Lipinski definition) is 1. The third kappa shape index (κ3) is 3.26. The van der Waals surface area contributed by atoms with Crippen molar-refractivity contribution in [1.29, 1.82) is 0 Å². The number of rotatable bonds is 4. The third-order valence-electron chi connectivity index (χ3n) is 5.67. The van der Waals surface area contributed by atoms with Crippen molar-refractivity contribution in [3.05, 3.63) is 94.5 Å². The summed E-state index contributed by atoms with van der Waals surface area (Å²) in [6, 6.07) is 20.0. The molecule has 2 heterocycles. The monoisotopic (exact) mass is 412 g/mol. The Morgan fingerprint density at radius 3 is 2.19 bits per heavy atom. The first kappa shape index (κ1) is 19.1. The molecule has 6 heteroatoms. The predicted molar refractivity (Wildman–Crippen MR) is 114 cm³/mol. The van der Waals surface area contributed by atoms with Crippen LogP contribution in [-0.2, 0) is 4.79 Å². The Hall–Kier alpha value is -3.93. The van der Waals surface area contributed by atoms with Crippen LogP contribution < -0.4 is 10.1 Å². The summed E-state index contributed by atoms with van der Waals surface area (Å²) in [6.45, 7) is 1.90. The Morgan fingerprint density at radius 1 is 0.903 bits per heavy atom. The summed E-state index contributed by atoms with van der Waals surface area (Å²) in [4.78, 5) is 39.2. The smallest absolute Gasteiger partial charge is 0.261 e. The van der Waals surface area contributed by atoms with Crippen LogP contribution in [0.5, 0.6) is 11.5 Å². The Morgan fingerprint density at radius 2 is 1.52 bits per heavy atom. The molecule has 0 bridgehead atoms. The molecule has 154 valence electrons. The van der Waals surface area contributed by atoms with E-state index in [1.807, 2.05) is 55.5 Å². The number of nitrogens with zero attached hydrogens (tertiary/aromatic N) is 1. The van der Waals surface area contributed by atoms with Crippen LogP contribution in [-0.4, -0.2) is 29.2 Å². The molecule has 1 N–H and O–H groups in total. The van der Waals surface area contributed by atoms with Gasteiger partial charge < -0.3 is 10.1 Å². The van der Waals surface area contributed by atoms with Gasteiger partial charge in [-0.2, -0.15) is 0 Å². The molecule has 3 aromatic carbocycles. The van der Waals surface area contributed by atoms with Crippen LogP contribution in [0.4, 0.5) is 0 Å². The van der Waals surface area contributed by atoms with Gasteiger partial charge in [0, 0.05) is 24.1 Å². The van der Waals surface area contributed by atoms with E-state index in [1.165, 1.54) is 0 Å². The van der Waals surface area contributed by atoms with Gasteiger partial charge in [0.25, 0.3) is 11.8 Å². The molecule has 0 saturated carbocycles. The largest absolute Gasteiger partial charge is 0.457 e. The number of imide groups is 1. The van der Waals surface area contributed by atoms with Gasteiger partial charge in [0.2, 0.25) is 5.91 Å². The summed E-state index contributed by atoms with van der Waals surface area (Å²) in [7, 11) is 0. The number of para-hydroxylation sites is 2. The van der Waals surface area contributed by atoms with Crippen molar-refractivity contribution in [1.82, 2.24) is 10.2 Å². The van der Waals surface area contributed by atoms with Gasteiger partial charge in [-0.1, -0.05) is 48.0 Å². The lowest BCUT2D eigenvalue weighted by Crippen LogP contribution is -2.36. The number of amides is 3. The standard InChI is InChI=1S/C25H20N2O4/c1-15-10-11-16-19(14-15)25(30)27(24(16)29)13-12-22(28)26-23-17-6-2-4-8-20(17)31-21-9-5-3-7-18(21)23/h2-11,14,23H,12-13H2,1H3,(H,26,28). The summed E-state index contributed by atoms with van der Waals surface area (Å²) in [5, 5.41) is 3.05. The van der Waals surface area contributed by atoms with Crippen molar-refractivity contribution >= 4 is 17.7 Å². The maximum absolute atomic E-state index is 12.8. The van der Waals surface area contributed by atoms with Crippen LogP contribution in [0.25, 0.3) is 0 Å². The maximum atomic E-state index is 12.8. The number of carbonyl (C=O) groups is 3. The molecule has 3 aromatic rings. The van der Waals surface area contributed by atoms with Crippen molar-refractivity contribution in [2.24, 2.45) is 0 Å². The first-order valence-electron chi connectivity index (χ1n) is 10.1. The predicted octanol–water partition coefficient (Wildman–Crippen LogP) is 3.99. The highest BCUT2D eigenvalue weighted by Crippen LogP contribution is 2.42. The Balaban J connectivity index is 1.32. The maximum Gasteiger partial charge on any atom is 0.261 e. The Labute approximate surface area is 179 Å². The van der Waals surface area contributed by atoms with E-state index in [-0.39, 0.29) is 36.7 Å². The highest BCUT2D eigenvalue weighted by molar-refractivity contribution is 6.21. The number of nitrogens with one attached hydrogen (secondary N) is 1. The summed E-state index contributed by atoms with van der Waals surface area (Å²) < 4.78 is 5.96. The van der Waals surface area contributed by atoms with E-state index >= 15 is 0 Å². The summed E-state index contributed by atoms with van der Waals surface area (Å²) in [5.74, 6) is 0.446. The fourth-order valence-corrected chi connectivity index (χ4v) is 4.12. The van der Waals surface area contributed by atoms with E-state index in [4.69, 9.17) is 4.74 Å². The van der Waals surface area contributed by atoms with Gasteiger partial charge in [0.05, 0.1) is 17.2 Å². The van der Waals surface area contributed by atoms with E-state index in [0.29, 0.717) is 22.6 Å². The fourth-order valence-electron chi connectivity index (χ4n) is 4.12. The van der Waals surface area contributed by atoms with Crippen molar-refractivity contribution < 1.29 is 19.1 Å². The molecule has 0 unspecified atom stereocenters. The molecule has 0 saturated heterocycles. The van der Waals surface area contributed by atoms with Gasteiger partial charge >= 0.3 is 0 Å². The topological polar surface area (TPSA) is 75.7 Å². The minimum atomic E-state index is -0.363. The number of aryl methyl sites for hydroxylation is 1. The molecule has 0 aliphatic carbocycles. The second-order valence-electron chi connectivity index (χ2n) is 7.74. The zero-order valence-electron chi connectivity index (χ0n) is 16.9. The number of carbonyl (C=O) groups excluding carboxylic acids is 3. The molecular weight excluding hydrogens is 392 g/mol. The Bertz CT molecular complexity index is 1190. The first-order valence-corrected chi connectivity index (χ1v) is 10.1. The van der Waals surface area contributed by atoms with Gasteiger partial charge in [-0.15, -0.1) is 0 Å². The molecule has 6 nitrogen and oxygen atoms in total. The van der Waals surface area contributed by atoms with E-state index in [2.05, 4.69) is 5.32 Å². The summed E-state index contributed by atoms with van der Waals surface area (Å²) >= 11 is 0. The quantitative estimate of drug-likeness (QED) is 0.658. The second-order valence-corrected chi connectivity index (χ2v) is 7.74. The average Bonchev–Trinajstić information content (AvgIpc) is 3.01. The molecule has 0 spiro atoms. The van der Waals surface area contributed by atoms with Gasteiger partial charge in [0.15, 0.2) is 0 Å². The van der Waals surface area contributed by atoms with Crippen molar-refractivity contribution in [2.75, 3.05) is 6.54 Å². The van der Waals surface area contributed by atoms with Crippen LogP contribution in [0, 0.1) is 6.92 Å². The number of ether oxygens (including phenoxy) is 1. The molecule has 0 atom stereocenters. The molecule has 2 aliphatic heterocycles. The highest BCUT2D eigenvalue weighted by atomic mass is 16.5. The second kappa shape index (κ2) is 7.40. The number of fused-ring (bicyclic) bond motifs is 3. The minimum Gasteiger partial charge on any atom is -0.457 e. The van der Waals surface area contributed by atoms with Crippen LogP contribution in [0.1, 0.15) is 49.9 Å². The lowest BCUT2D eigenvalue weighted by molar-refractivity contribution is -0.121. The molecule has 2 aliphatic rings. The summed E-state index contributed by atoms with van der Waals surface area (Å²) in [6.07, 6.45) is 0.0200. The van der Waals surface area contributed by atoms with Gasteiger partial charge in [-0.05, 0) is 31.2 Å². The third-order valence-corrected chi connectivity index (χ3v) is 5.67. The van der Waals surface area contributed by atoms with Gasteiger partial charge in [-0.25, -0.2) is 0 Å². The molecule has 0 aromatic heterocycles. The lowest BCUT2D eigenvalue weighted by atomic mass is 9.94. The van der Waals surface area contributed by atoms with Crippen molar-refractivity contribution in [2.45, 2.75) is 19.4 Å². The molecule has 0 fully saturated rings. The summed E-state index contributed by atoms with van der Waals surface area (Å²) in [5.41, 5.74) is 3.44. The SMILES string of the molecule is Cc1ccc2c(c1)C(=O)N(CCC(=O)NC1c3ccccc3Oc3ccccc31)C2=O. The number of benzene rings is 3. The van der Waals surface area contributed by atoms with Gasteiger partial charge in [0.1, 0.15) is 11.5 Å². The molecule has 5 rings (SSSR count). The lowest BCUT2D eigenvalue weighted by Gasteiger charge is -2.29. The van der Waals surface area contributed by atoms with Crippen molar-refractivity contribution in [3.63, 3.8) is 0 Å². The average molecular weight is 412 g/mol. The molecular formula is C25H20N2O4. The van der Waals surface area contributed by atoms with Crippen LogP contribution >= 0.6 is 0 Å². The highest BCUT2D eigenvalue weighted by Gasteiger charge is 2.36. The van der Waals surface area contributed by atoms with Crippen LogP contribution in [0.3, 0.4) is 0 Å². The van der Waals surface area contributed by atoms with Crippen LogP contribution in [0.15, 0.2) is 66.7 Å². The van der Waals surface area contributed by atoms with E-state index in [1.54, 1.807) is 18.2 Å². The normalized spacial score (nSPS) is 14.5. The molecule has 0 radical (unpaired) electrons. The molecule has 31 heavy (non-hydrogen) atoms. The zero-order chi connectivity index (χ0) is 21.5. The van der Waals surface area contributed by atoms with Crippen LogP contribution in [0.2, 0.25) is 0 Å². The zero-order valence-corrected chi connectivity index (χ0v) is 16.9. The fraction of sp³-hybridized carbons (Fsp3) is 0.160. The van der Waals surface area contributed by atoms with E-state index in [9.17, 15) is 14.4 Å². The number of hydrogen-bond acceptors (Lipinski definition) is 4. The van der Waals surface area contributed by atoms with E-state index in [0.717, 1.165) is 21.6 Å². The first-order chi connectivity index (χ1) is 15.0. The van der Waals surface area contributed by atoms with E-state index < -0.39 is 0 Å². The Kier molecular flexibility index (Phi) is 4.55. The van der Waals surface area contributed by atoms with Crippen molar-refractivity contribution in [3.8, 4) is 11.5 Å². The molecule has 3 amide bonds. The van der Waals surface area contributed by atoms with Gasteiger partial charge in [-0.3, -0.25) is 19.3 Å².